The van der Waals surface area contributed by atoms with E-state index in [1.54, 1.807) is 0 Å². The summed E-state index contributed by atoms with van der Waals surface area (Å²) in [5.74, 6) is -0.108. The van der Waals surface area contributed by atoms with Gasteiger partial charge in [-0.3, -0.25) is 9.59 Å². The van der Waals surface area contributed by atoms with Crippen molar-refractivity contribution in [2.24, 2.45) is 5.92 Å². The van der Waals surface area contributed by atoms with Crippen LogP contribution in [0.2, 0.25) is 0 Å². The first kappa shape index (κ1) is 23.4. The van der Waals surface area contributed by atoms with E-state index in [0.717, 1.165) is 36.9 Å². The van der Waals surface area contributed by atoms with Gasteiger partial charge in [-0.25, -0.2) is 13.1 Å². The Kier molecular flexibility index (Phi) is 7.11. The number of rotatable bonds is 9. The summed E-state index contributed by atoms with van der Waals surface area (Å²) in [6, 6.07) is 13.0. The van der Waals surface area contributed by atoms with E-state index in [1.165, 1.54) is 24.3 Å². The second kappa shape index (κ2) is 10.0. The minimum atomic E-state index is -3.66. The van der Waals surface area contributed by atoms with Gasteiger partial charge in [0.15, 0.2) is 0 Å². The Balaban J connectivity index is 1.31. The van der Waals surface area contributed by atoms with Crippen LogP contribution < -0.4 is 15.4 Å². The molecule has 2 aromatic carbocycles. The molecule has 176 valence electrons. The van der Waals surface area contributed by atoms with E-state index in [9.17, 15) is 18.0 Å². The Morgan fingerprint density at radius 3 is 2.33 bits per heavy atom. The van der Waals surface area contributed by atoms with Crippen LogP contribution in [0.25, 0.3) is 0 Å². The molecule has 1 heterocycles. The Morgan fingerprint density at radius 2 is 1.73 bits per heavy atom. The maximum atomic E-state index is 12.6. The van der Waals surface area contributed by atoms with Crippen LogP contribution >= 0.6 is 0 Å². The SMILES string of the molecule is CC(NC(=O)c1ccc(S(=O)(=O)NCC2CCCO2)cc1)c1ccc(NC(=O)C2CC2)cc1. The Labute approximate surface area is 194 Å². The molecule has 3 N–H and O–H groups in total. The fourth-order valence-electron chi connectivity index (χ4n) is 3.69. The van der Waals surface area contributed by atoms with Crippen LogP contribution in [-0.2, 0) is 19.6 Å². The molecule has 0 aromatic heterocycles. The van der Waals surface area contributed by atoms with Gasteiger partial charge in [-0.1, -0.05) is 12.1 Å². The molecular formula is C24H29N3O5S. The number of ether oxygens (including phenoxy) is 1. The molecule has 2 amide bonds. The number of carbonyl (C=O) groups is 2. The molecule has 1 aliphatic heterocycles. The first-order valence-corrected chi connectivity index (χ1v) is 12.7. The predicted octanol–water partition coefficient (Wildman–Crippen LogP) is 2.98. The van der Waals surface area contributed by atoms with Crippen LogP contribution in [-0.4, -0.2) is 39.5 Å². The highest BCUT2D eigenvalue weighted by atomic mass is 32.2. The zero-order valence-corrected chi connectivity index (χ0v) is 19.4. The van der Waals surface area contributed by atoms with Gasteiger partial charge in [0.1, 0.15) is 0 Å². The van der Waals surface area contributed by atoms with Crippen LogP contribution in [0.3, 0.4) is 0 Å². The van der Waals surface area contributed by atoms with Crippen LogP contribution in [0.5, 0.6) is 0 Å². The summed E-state index contributed by atoms with van der Waals surface area (Å²) >= 11 is 0. The normalized spacial score (nSPS) is 19.1. The van der Waals surface area contributed by atoms with Crippen molar-refractivity contribution < 1.29 is 22.7 Å². The molecular weight excluding hydrogens is 442 g/mol. The molecule has 2 unspecified atom stereocenters. The second-order valence-corrected chi connectivity index (χ2v) is 10.4. The quantitative estimate of drug-likeness (QED) is 0.520. The van der Waals surface area contributed by atoms with Gasteiger partial charge in [-0.15, -0.1) is 0 Å². The third kappa shape index (κ3) is 6.19. The molecule has 0 bridgehead atoms. The molecule has 2 aromatic rings. The van der Waals surface area contributed by atoms with Crippen molar-refractivity contribution in [3.63, 3.8) is 0 Å². The Morgan fingerprint density at radius 1 is 1.03 bits per heavy atom. The summed E-state index contributed by atoms with van der Waals surface area (Å²) in [4.78, 5) is 24.6. The van der Waals surface area contributed by atoms with Gasteiger partial charge in [0.25, 0.3) is 5.91 Å². The summed E-state index contributed by atoms with van der Waals surface area (Å²) in [7, 11) is -3.66. The smallest absolute Gasteiger partial charge is 0.251 e. The molecule has 8 nitrogen and oxygen atoms in total. The number of carbonyl (C=O) groups excluding carboxylic acids is 2. The molecule has 2 atom stereocenters. The van der Waals surface area contributed by atoms with E-state index in [-0.39, 0.29) is 41.3 Å². The zero-order chi connectivity index (χ0) is 23.4. The molecule has 1 saturated heterocycles. The van der Waals surface area contributed by atoms with E-state index in [1.807, 2.05) is 31.2 Å². The summed E-state index contributed by atoms with van der Waals surface area (Å²) < 4.78 is 33.0. The fraction of sp³-hybridized carbons (Fsp3) is 0.417. The third-order valence-electron chi connectivity index (χ3n) is 5.93. The summed E-state index contributed by atoms with van der Waals surface area (Å²) in [6.45, 7) is 2.77. The number of benzene rings is 2. The van der Waals surface area contributed by atoms with E-state index in [0.29, 0.717) is 12.2 Å². The molecule has 33 heavy (non-hydrogen) atoms. The Hall–Kier alpha value is -2.75. The molecule has 0 radical (unpaired) electrons. The van der Waals surface area contributed by atoms with E-state index in [4.69, 9.17) is 4.74 Å². The lowest BCUT2D eigenvalue weighted by molar-refractivity contribution is -0.117. The molecule has 4 rings (SSSR count). The van der Waals surface area contributed by atoms with Crippen molar-refractivity contribution in [3.8, 4) is 0 Å². The summed E-state index contributed by atoms with van der Waals surface area (Å²) in [5.41, 5.74) is 2.00. The van der Waals surface area contributed by atoms with Crippen LogP contribution in [0.1, 0.15) is 54.6 Å². The highest BCUT2D eigenvalue weighted by Gasteiger charge is 2.29. The maximum absolute atomic E-state index is 12.6. The summed E-state index contributed by atoms with van der Waals surface area (Å²) in [6.07, 6.45) is 3.60. The minimum absolute atomic E-state index is 0.0524. The van der Waals surface area contributed by atoms with Gasteiger partial charge in [0.05, 0.1) is 17.0 Å². The molecule has 2 aliphatic rings. The first-order chi connectivity index (χ1) is 15.8. The highest BCUT2D eigenvalue weighted by Crippen LogP contribution is 2.30. The van der Waals surface area contributed by atoms with Crippen molar-refractivity contribution in [2.45, 2.75) is 49.6 Å². The molecule has 0 spiro atoms. The number of sulfonamides is 1. The van der Waals surface area contributed by atoms with Gasteiger partial charge in [0, 0.05) is 30.3 Å². The van der Waals surface area contributed by atoms with Crippen molar-refractivity contribution in [3.05, 3.63) is 59.7 Å². The first-order valence-electron chi connectivity index (χ1n) is 11.2. The van der Waals surface area contributed by atoms with Gasteiger partial charge in [0.2, 0.25) is 15.9 Å². The number of hydrogen-bond acceptors (Lipinski definition) is 5. The fourth-order valence-corrected chi connectivity index (χ4v) is 4.75. The van der Waals surface area contributed by atoms with Crippen molar-refractivity contribution in [1.82, 2.24) is 10.0 Å². The summed E-state index contributed by atoms with van der Waals surface area (Å²) in [5, 5.41) is 5.80. The molecule has 9 heteroatoms. The predicted molar refractivity (Wildman–Crippen MR) is 124 cm³/mol. The lowest BCUT2D eigenvalue weighted by Crippen LogP contribution is -2.32. The van der Waals surface area contributed by atoms with Gasteiger partial charge < -0.3 is 15.4 Å². The average Bonchev–Trinajstić information content (AvgIpc) is 3.54. The third-order valence-corrected chi connectivity index (χ3v) is 7.37. The monoisotopic (exact) mass is 471 g/mol. The van der Waals surface area contributed by atoms with Crippen molar-refractivity contribution in [1.29, 1.82) is 0 Å². The van der Waals surface area contributed by atoms with Gasteiger partial charge in [-0.2, -0.15) is 0 Å². The second-order valence-electron chi connectivity index (χ2n) is 8.59. The molecule has 2 fully saturated rings. The molecule has 1 aliphatic carbocycles. The number of hydrogen-bond donors (Lipinski definition) is 3. The van der Waals surface area contributed by atoms with Crippen molar-refractivity contribution in [2.75, 3.05) is 18.5 Å². The minimum Gasteiger partial charge on any atom is -0.377 e. The lowest BCUT2D eigenvalue weighted by Gasteiger charge is -2.15. The van der Waals surface area contributed by atoms with Crippen LogP contribution in [0.15, 0.2) is 53.4 Å². The average molecular weight is 472 g/mol. The zero-order valence-electron chi connectivity index (χ0n) is 18.5. The topological polar surface area (TPSA) is 114 Å². The number of anilines is 1. The van der Waals surface area contributed by atoms with E-state index >= 15 is 0 Å². The largest absolute Gasteiger partial charge is 0.377 e. The Bertz CT molecular complexity index is 1090. The van der Waals surface area contributed by atoms with E-state index < -0.39 is 10.0 Å². The van der Waals surface area contributed by atoms with Gasteiger partial charge in [-0.05, 0) is 74.6 Å². The van der Waals surface area contributed by atoms with Crippen molar-refractivity contribution >= 4 is 27.5 Å². The van der Waals surface area contributed by atoms with Crippen LogP contribution in [0, 0.1) is 5.92 Å². The number of amides is 2. The van der Waals surface area contributed by atoms with Crippen LogP contribution in [0.4, 0.5) is 5.69 Å². The van der Waals surface area contributed by atoms with E-state index in [2.05, 4.69) is 15.4 Å². The van der Waals surface area contributed by atoms with Gasteiger partial charge >= 0.3 is 0 Å². The standard InChI is InChI=1S/C24H29N3O5S/c1-16(17-6-10-20(11-7-17)27-24(29)18-4-5-18)26-23(28)19-8-12-22(13-9-19)33(30,31)25-15-21-3-2-14-32-21/h6-13,16,18,21,25H,2-5,14-15H2,1H3,(H,26,28)(H,27,29). The lowest BCUT2D eigenvalue weighted by atomic mass is 10.1. The maximum Gasteiger partial charge on any atom is 0.251 e. The number of nitrogens with one attached hydrogen (secondary N) is 3. The molecule has 1 saturated carbocycles. The highest BCUT2D eigenvalue weighted by molar-refractivity contribution is 7.89.